The molecule has 2 aromatic carbocycles. The van der Waals surface area contributed by atoms with Crippen molar-refractivity contribution in [2.75, 3.05) is 14.2 Å². The molecular formula is C16H16O4. The molecule has 0 atom stereocenters. The number of carbonyl (C=O) groups excluding carboxylic acids is 1. The number of esters is 1. The quantitative estimate of drug-likeness (QED) is 0.798. The molecule has 20 heavy (non-hydrogen) atoms. The lowest BCUT2D eigenvalue weighted by Crippen LogP contribution is -2.03. The minimum atomic E-state index is -0.349. The molecule has 0 aliphatic carbocycles. The van der Waals surface area contributed by atoms with E-state index in [1.807, 2.05) is 31.2 Å². The van der Waals surface area contributed by atoms with Crippen LogP contribution in [0, 0.1) is 6.92 Å². The lowest BCUT2D eigenvalue weighted by atomic mass is 10.1. The van der Waals surface area contributed by atoms with Gasteiger partial charge in [0.25, 0.3) is 0 Å². The molecule has 0 aliphatic heterocycles. The summed E-state index contributed by atoms with van der Waals surface area (Å²) in [4.78, 5) is 11.5. The van der Waals surface area contributed by atoms with E-state index in [0.29, 0.717) is 17.1 Å². The van der Waals surface area contributed by atoms with Gasteiger partial charge in [0.2, 0.25) is 0 Å². The molecule has 0 heterocycles. The van der Waals surface area contributed by atoms with Crippen LogP contribution in [-0.2, 0) is 4.74 Å². The summed E-state index contributed by atoms with van der Waals surface area (Å²) in [6.45, 7) is 1.84. The Balaban J connectivity index is 2.17. The van der Waals surface area contributed by atoms with Gasteiger partial charge in [0.05, 0.1) is 19.8 Å². The highest BCUT2D eigenvalue weighted by Crippen LogP contribution is 2.25. The van der Waals surface area contributed by atoms with E-state index in [1.54, 1.807) is 25.3 Å². The number of methoxy groups -OCH3 is 2. The van der Waals surface area contributed by atoms with Crippen LogP contribution in [-0.4, -0.2) is 20.2 Å². The molecule has 0 aromatic heterocycles. The fourth-order valence-corrected chi connectivity index (χ4v) is 1.82. The Hall–Kier alpha value is -2.49. The molecular weight excluding hydrogens is 256 g/mol. The summed E-state index contributed by atoms with van der Waals surface area (Å²) < 4.78 is 15.5. The lowest BCUT2D eigenvalue weighted by Gasteiger charge is -2.09. The molecule has 0 N–H and O–H groups in total. The molecule has 0 fully saturated rings. The Morgan fingerprint density at radius 2 is 1.50 bits per heavy atom. The summed E-state index contributed by atoms with van der Waals surface area (Å²) in [5, 5.41) is 0. The van der Waals surface area contributed by atoms with Crippen LogP contribution < -0.4 is 9.47 Å². The zero-order valence-corrected chi connectivity index (χ0v) is 11.7. The van der Waals surface area contributed by atoms with E-state index in [-0.39, 0.29) is 5.97 Å². The third kappa shape index (κ3) is 3.09. The van der Waals surface area contributed by atoms with Gasteiger partial charge in [-0.2, -0.15) is 0 Å². The smallest absolute Gasteiger partial charge is 0.338 e. The second kappa shape index (κ2) is 6.10. The summed E-state index contributed by atoms with van der Waals surface area (Å²) in [7, 11) is 2.98. The zero-order valence-electron chi connectivity index (χ0n) is 11.7. The van der Waals surface area contributed by atoms with E-state index in [1.165, 1.54) is 7.11 Å². The van der Waals surface area contributed by atoms with Crippen molar-refractivity contribution in [2.24, 2.45) is 0 Å². The second-order valence-electron chi connectivity index (χ2n) is 4.25. The number of hydrogen-bond donors (Lipinski definition) is 0. The van der Waals surface area contributed by atoms with Crippen LogP contribution >= 0.6 is 0 Å². The average molecular weight is 272 g/mol. The van der Waals surface area contributed by atoms with Gasteiger partial charge in [-0.25, -0.2) is 4.79 Å². The largest absolute Gasteiger partial charge is 0.497 e. The van der Waals surface area contributed by atoms with Crippen LogP contribution in [0.5, 0.6) is 17.2 Å². The minimum Gasteiger partial charge on any atom is -0.497 e. The van der Waals surface area contributed by atoms with Gasteiger partial charge in [-0.3, -0.25) is 0 Å². The predicted molar refractivity (Wildman–Crippen MR) is 75.6 cm³/mol. The normalized spacial score (nSPS) is 9.95. The summed E-state index contributed by atoms with van der Waals surface area (Å²) >= 11 is 0. The molecule has 2 rings (SSSR count). The monoisotopic (exact) mass is 272 g/mol. The van der Waals surface area contributed by atoms with E-state index >= 15 is 0 Å². The first-order valence-corrected chi connectivity index (χ1v) is 6.15. The Kier molecular flexibility index (Phi) is 4.25. The van der Waals surface area contributed by atoms with Gasteiger partial charge < -0.3 is 14.2 Å². The van der Waals surface area contributed by atoms with Crippen LogP contribution in [0.4, 0.5) is 0 Å². The van der Waals surface area contributed by atoms with Crippen molar-refractivity contribution in [1.82, 2.24) is 0 Å². The Morgan fingerprint density at radius 1 is 0.900 bits per heavy atom. The first-order chi connectivity index (χ1) is 9.63. The maximum atomic E-state index is 11.5. The van der Waals surface area contributed by atoms with E-state index in [9.17, 15) is 4.79 Å². The zero-order chi connectivity index (χ0) is 14.5. The molecule has 0 aliphatic rings. The van der Waals surface area contributed by atoms with Gasteiger partial charge in [-0.05, 0) is 55.0 Å². The highest BCUT2D eigenvalue weighted by Gasteiger charge is 2.10. The summed E-state index contributed by atoms with van der Waals surface area (Å²) in [5.74, 6) is 1.80. The minimum absolute atomic E-state index is 0.349. The number of aryl methyl sites for hydroxylation is 1. The van der Waals surface area contributed by atoms with Crippen LogP contribution in [0.15, 0.2) is 42.5 Å². The molecule has 4 heteroatoms. The number of rotatable bonds is 4. The molecule has 104 valence electrons. The Labute approximate surface area is 117 Å². The van der Waals surface area contributed by atoms with Crippen molar-refractivity contribution in [3.8, 4) is 17.2 Å². The molecule has 4 nitrogen and oxygen atoms in total. The fraction of sp³-hybridized carbons (Fsp3) is 0.188. The second-order valence-corrected chi connectivity index (χ2v) is 4.25. The number of benzene rings is 2. The summed E-state index contributed by atoms with van der Waals surface area (Å²) in [6.07, 6.45) is 0. The molecule has 0 spiro atoms. The van der Waals surface area contributed by atoms with Gasteiger partial charge in [-0.1, -0.05) is 0 Å². The van der Waals surface area contributed by atoms with Gasteiger partial charge in [0.1, 0.15) is 17.2 Å². The number of ether oxygens (including phenoxy) is 3. The number of carbonyl (C=O) groups is 1. The first-order valence-electron chi connectivity index (χ1n) is 6.15. The third-order valence-corrected chi connectivity index (χ3v) is 2.90. The predicted octanol–water partition coefficient (Wildman–Crippen LogP) is 3.58. The molecule has 0 bridgehead atoms. The third-order valence-electron chi connectivity index (χ3n) is 2.90. The SMILES string of the molecule is COC(=O)c1ccc(Oc2ccc(OC)cc2)cc1C. The Bertz CT molecular complexity index is 602. The average Bonchev–Trinajstić information content (AvgIpc) is 2.47. The molecule has 0 saturated heterocycles. The summed E-state index contributed by atoms with van der Waals surface area (Å²) in [6, 6.07) is 12.5. The van der Waals surface area contributed by atoms with Crippen LogP contribution in [0.2, 0.25) is 0 Å². The van der Waals surface area contributed by atoms with Crippen molar-refractivity contribution in [1.29, 1.82) is 0 Å². The van der Waals surface area contributed by atoms with Crippen LogP contribution in [0.3, 0.4) is 0 Å². The van der Waals surface area contributed by atoms with Crippen LogP contribution in [0.1, 0.15) is 15.9 Å². The van der Waals surface area contributed by atoms with Crippen molar-refractivity contribution in [3.63, 3.8) is 0 Å². The van der Waals surface area contributed by atoms with Crippen molar-refractivity contribution < 1.29 is 19.0 Å². The van der Waals surface area contributed by atoms with Crippen molar-refractivity contribution in [3.05, 3.63) is 53.6 Å². The van der Waals surface area contributed by atoms with Gasteiger partial charge in [0.15, 0.2) is 0 Å². The number of hydrogen-bond acceptors (Lipinski definition) is 4. The molecule has 0 amide bonds. The maximum Gasteiger partial charge on any atom is 0.338 e. The topological polar surface area (TPSA) is 44.8 Å². The van der Waals surface area contributed by atoms with Crippen molar-refractivity contribution >= 4 is 5.97 Å². The molecule has 0 radical (unpaired) electrons. The van der Waals surface area contributed by atoms with Gasteiger partial charge >= 0.3 is 5.97 Å². The van der Waals surface area contributed by atoms with Gasteiger partial charge in [0, 0.05) is 0 Å². The standard InChI is InChI=1S/C16H16O4/c1-11-10-14(8-9-15(11)16(17)19-3)20-13-6-4-12(18-2)5-7-13/h4-10H,1-3H3. The van der Waals surface area contributed by atoms with Gasteiger partial charge in [-0.15, -0.1) is 0 Å². The van der Waals surface area contributed by atoms with Crippen LogP contribution in [0.25, 0.3) is 0 Å². The van der Waals surface area contributed by atoms with E-state index in [2.05, 4.69) is 0 Å². The van der Waals surface area contributed by atoms with E-state index in [0.717, 1.165) is 11.3 Å². The van der Waals surface area contributed by atoms with E-state index < -0.39 is 0 Å². The lowest BCUT2D eigenvalue weighted by molar-refractivity contribution is 0.0600. The molecule has 0 saturated carbocycles. The first kappa shape index (κ1) is 13.9. The van der Waals surface area contributed by atoms with Crippen molar-refractivity contribution in [2.45, 2.75) is 6.92 Å². The fourth-order valence-electron chi connectivity index (χ4n) is 1.82. The molecule has 2 aromatic rings. The Morgan fingerprint density at radius 3 is 2.05 bits per heavy atom. The summed E-state index contributed by atoms with van der Waals surface area (Å²) in [5.41, 5.74) is 1.34. The maximum absolute atomic E-state index is 11.5. The highest BCUT2D eigenvalue weighted by atomic mass is 16.5. The highest BCUT2D eigenvalue weighted by molar-refractivity contribution is 5.91. The molecule has 0 unspecified atom stereocenters. The van der Waals surface area contributed by atoms with E-state index in [4.69, 9.17) is 14.2 Å².